The number of hydrogen-bond acceptors (Lipinski definition) is 2. The van der Waals surface area contributed by atoms with E-state index >= 15 is 0 Å². The van der Waals surface area contributed by atoms with E-state index < -0.39 is 11.9 Å². The van der Waals surface area contributed by atoms with Gasteiger partial charge in [0.05, 0.1) is 5.56 Å². The van der Waals surface area contributed by atoms with Gasteiger partial charge in [0.25, 0.3) is 0 Å². The minimum atomic E-state index is -0.935. The van der Waals surface area contributed by atoms with Crippen LogP contribution in [0.4, 0.5) is 0 Å². The van der Waals surface area contributed by atoms with Crippen LogP contribution in [0.3, 0.4) is 0 Å². The maximum absolute atomic E-state index is 10.8. The maximum Gasteiger partial charge on any atom is 0.336 e. The van der Waals surface area contributed by atoms with Crippen molar-refractivity contribution in [2.24, 2.45) is 0 Å². The van der Waals surface area contributed by atoms with E-state index in [0.29, 0.717) is 5.56 Å². The summed E-state index contributed by atoms with van der Waals surface area (Å²) in [7, 11) is 0. The molecule has 0 saturated heterocycles. The number of rotatable bonds is 2. The maximum atomic E-state index is 10.8. The third kappa shape index (κ3) is 4.88. The first-order valence-electron chi connectivity index (χ1n) is 5.53. The van der Waals surface area contributed by atoms with Crippen LogP contribution in [0.5, 0.6) is 0 Å². The third-order valence-corrected chi connectivity index (χ3v) is 2.39. The fourth-order valence-corrected chi connectivity index (χ4v) is 1.41. The van der Waals surface area contributed by atoms with Crippen molar-refractivity contribution in [3.8, 4) is 0 Å². The molecular weight excluding hydrogens is 308 g/mol. The van der Waals surface area contributed by atoms with Crippen molar-refractivity contribution in [2.75, 3.05) is 0 Å². The van der Waals surface area contributed by atoms with Crippen LogP contribution < -0.4 is 0 Å². The van der Waals surface area contributed by atoms with E-state index in [2.05, 4.69) is 6.58 Å². The smallest absolute Gasteiger partial charge is 0.336 e. The molecule has 0 aromatic heterocycles. The summed E-state index contributed by atoms with van der Waals surface area (Å²) >= 11 is 0. The summed E-state index contributed by atoms with van der Waals surface area (Å²) in [6.45, 7) is 4.60. The van der Waals surface area contributed by atoms with Crippen LogP contribution in [0.1, 0.15) is 17.3 Å². The van der Waals surface area contributed by atoms with Gasteiger partial charge in [-0.2, -0.15) is 0 Å². The van der Waals surface area contributed by atoms with Gasteiger partial charge >= 0.3 is 11.9 Å². The van der Waals surface area contributed by atoms with Crippen LogP contribution in [-0.4, -0.2) is 22.2 Å². The molecule has 0 aliphatic rings. The molecular formula is C15H14CuO4. The van der Waals surface area contributed by atoms with Gasteiger partial charge in [-0.05, 0) is 23.8 Å². The molecule has 2 aromatic rings. The number of aromatic carboxylic acids is 1. The van der Waals surface area contributed by atoms with Crippen molar-refractivity contribution < 1.29 is 36.9 Å². The summed E-state index contributed by atoms with van der Waals surface area (Å²) < 4.78 is 0. The van der Waals surface area contributed by atoms with Crippen LogP contribution in [0, 0.1) is 0 Å². The zero-order chi connectivity index (χ0) is 14.4. The minimum absolute atomic E-state index is 0. The average Bonchev–Trinajstić information content (AvgIpc) is 2.38. The van der Waals surface area contributed by atoms with Gasteiger partial charge in [0, 0.05) is 22.6 Å². The summed E-state index contributed by atoms with van der Waals surface area (Å²) in [5, 5.41) is 18.5. The summed E-state index contributed by atoms with van der Waals surface area (Å²) in [5.41, 5.74) is 0.535. The number of fused-ring (bicyclic) bond motifs is 1. The van der Waals surface area contributed by atoms with Crippen molar-refractivity contribution in [3.05, 3.63) is 60.2 Å². The Balaban J connectivity index is 0.000000448. The van der Waals surface area contributed by atoms with E-state index in [1.807, 2.05) is 30.3 Å². The second-order valence-electron chi connectivity index (χ2n) is 3.92. The molecule has 109 valence electrons. The predicted octanol–water partition coefficient (Wildman–Crippen LogP) is 3.18. The Morgan fingerprint density at radius 3 is 2.00 bits per heavy atom. The molecule has 0 fully saturated rings. The SMILES string of the molecule is C=C(C)C(=O)O.O=C(O)c1cccc2ccccc12.[Cu]. The number of carbonyl (C=O) groups is 2. The monoisotopic (exact) mass is 321 g/mol. The first-order chi connectivity index (χ1) is 8.93. The molecule has 0 spiro atoms. The van der Waals surface area contributed by atoms with Gasteiger partial charge in [-0.15, -0.1) is 0 Å². The topological polar surface area (TPSA) is 74.6 Å². The number of benzene rings is 2. The number of carboxylic acids is 2. The Morgan fingerprint density at radius 2 is 1.50 bits per heavy atom. The van der Waals surface area contributed by atoms with E-state index in [0.717, 1.165) is 10.8 Å². The number of carboxylic acid groups (broad SMARTS) is 2. The average molecular weight is 322 g/mol. The van der Waals surface area contributed by atoms with Gasteiger partial charge < -0.3 is 10.2 Å². The zero-order valence-electron chi connectivity index (χ0n) is 10.8. The molecule has 0 atom stereocenters. The van der Waals surface area contributed by atoms with Crippen molar-refractivity contribution in [3.63, 3.8) is 0 Å². The largest absolute Gasteiger partial charge is 0.478 e. The Labute approximate surface area is 127 Å². The van der Waals surface area contributed by atoms with E-state index in [-0.39, 0.29) is 22.6 Å². The van der Waals surface area contributed by atoms with Crippen molar-refractivity contribution in [1.29, 1.82) is 0 Å². The van der Waals surface area contributed by atoms with Crippen LogP contribution in [0.25, 0.3) is 10.8 Å². The molecule has 0 aliphatic heterocycles. The van der Waals surface area contributed by atoms with Crippen molar-refractivity contribution in [1.82, 2.24) is 0 Å². The quantitative estimate of drug-likeness (QED) is 0.658. The van der Waals surface area contributed by atoms with Gasteiger partial charge in [-0.3, -0.25) is 0 Å². The standard InChI is InChI=1S/C11H8O2.C4H6O2.Cu/c12-11(13)10-7-3-5-8-4-1-2-6-9(8)10;1-3(2)4(5)6;/h1-7H,(H,12,13);1H2,2H3,(H,5,6);. The van der Waals surface area contributed by atoms with Crippen molar-refractivity contribution >= 4 is 22.7 Å². The van der Waals surface area contributed by atoms with Crippen LogP contribution >= 0.6 is 0 Å². The normalized spacial score (nSPS) is 8.85. The minimum Gasteiger partial charge on any atom is -0.478 e. The molecule has 4 nitrogen and oxygen atoms in total. The summed E-state index contributed by atoms with van der Waals surface area (Å²) in [4.78, 5) is 20.4. The zero-order valence-corrected chi connectivity index (χ0v) is 11.7. The van der Waals surface area contributed by atoms with E-state index in [4.69, 9.17) is 10.2 Å². The van der Waals surface area contributed by atoms with Crippen LogP contribution in [-0.2, 0) is 21.9 Å². The number of hydrogen-bond donors (Lipinski definition) is 2. The molecule has 2 rings (SSSR count). The molecule has 5 heteroatoms. The first-order valence-corrected chi connectivity index (χ1v) is 5.53. The second kappa shape index (κ2) is 8.15. The van der Waals surface area contributed by atoms with Gasteiger partial charge in [-0.1, -0.05) is 43.0 Å². The molecule has 2 aromatic carbocycles. The number of aliphatic carboxylic acids is 1. The van der Waals surface area contributed by atoms with Crippen LogP contribution in [0.15, 0.2) is 54.6 Å². The molecule has 0 heterocycles. The second-order valence-corrected chi connectivity index (χ2v) is 3.92. The van der Waals surface area contributed by atoms with E-state index in [9.17, 15) is 9.59 Å². The summed E-state index contributed by atoms with van der Waals surface area (Å²) in [6, 6.07) is 12.7. The fraction of sp³-hybridized carbons (Fsp3) is 0.0667. The predicted molar refractivity (Wildman–Crippen MR) is 73.4 cm³/mol. The molecule has 0 unspecified atom stereocenters. The Hall–Kier alpha value is -2.10. The van der Waals surface area contributed by atoms with Gasteiger partial charge in [0.15, 0.2) is 0 Å². The molecule has 0 amide bonds. The fourth-order valence-electron chi connectivity index (χ4n) is 1.41. The Bertz CT molecular complexity index is 617. The summed E-state index contributed by atoms with van der Waals surface area (Å²) in [6.07, 6.45) is 0. The van der Waals surface area contributed by atoms with Gasteiger partial charge in [-0.25, -0.2) is 9.59 Å². The molecule has 2 N–H and O–H groups in total. The molecule has 0 bridgehead atoms. The molecule has 1 radical (unpaired) electrons. The summed E-state index contributed by atoms with van der Waals surface area (Å²) in [5.74, 6) is -1.81. The third-order valence-electron chi connectivity index (χ3n) is 2.39. The first kappa shape index (κ1) is 17.9. The van der Waals surface area contributed by atoms with Crippen LogP contribution in [0.2, 0.25) is 0 Å². The van der Waals surface area contributed by atoms with E-state index in [1.54, 1.807) is 12.1 Å². The molecule has 0 saturated carbocycles. The van der Waals surface area contributed by atoms with Gasteiger partial charge in [0.1, 0.15) is 0 Å². The molecule has 20 heavy (non-hydrogen) atoms. The Kier molecular flexibility index (Phi) is 7.29. The van der Waals surface area contributed by atoms with Gasteiger partial charge in [0.2, 0.25) is 0 Å². The molecule has 0 aliphatic carbocycles. The van der Waals surface area contributed by atoms with E-state index in [1.165, 1.54) is 6.92 Å². The van der Waals surface area contributed by atoms with Crippen molar-refractivity contribution in [2.45, 2.75) is 6.92 Å². The Morgan fingerprint density at radius 1 is 1.00 bits per heavy atom.